The van der Waals surface area contributed by atoms with Crippen molar-refractivity contribution in [3.8, 4) is 0 Å². The van der Waals surface area contributed by atoms with Gasteiger partial charge in [0.25, 0.3) is 0 Å². The van der Waals surface area contributed by atoms with Crippen LogP contribution in [0.2, 0.25) is 0 Å². The van der Waals surface area contributed by atoms with Crippen LogP contribution in [0.3, 0.4) is 0 Å². The van der Waals surface area contributed by atoms with Crippen molar-refractivity contribution < 1.29 is 0 Å². The molecule has 0 nitrogen and oxygen atoms in total. The minimum Gasteiger partial charge on any atom is -0.0531 e. The highest BCUT2D eigenvalue weighted by Gasteiger charge is 1.38. The van der Waals surface area contributed by atoms with Crippen LogP contribution in [-0.4, -0.2) is 5.80 Å². The number of halogens is 1. The van der Waals surface area contributed by atoms with Crippen LogP contribution in [-0.2, 0) is 0 Å². The third-order valence-corrected chi connectivity index (χ3v) is 1.52. The Bertz CT molecular complexity index is 21.2. The van der Waals surface area contributed by atoms with Crippen molar-refractivity contribution in [2.75, 3.05) is 0 Å². The van der Waals surface area contributed by atoms with Crippen molar-refractivity contribution in [2.45, 2.75) is 6.92 Å². The van der Waals surface area contributed by atoms with E-state index in [1.165, 1.54) is 6.91 Å². The van der Waals surface area contributed by atoms with Gasteiger partial charge in [-0.05, 0) is 29.3 Å². The first-order chi connectivity index (χ1) is 1.91. The lowest BCUT2D eigenvalue weighted by atomic mass is 11.0. The molecule has 0 saturated carbocycles. The Kier molecular flexibility index (Phi) is 4.24. The van der Waals surface area contributed by atoms with Gasteiger partial charge in [0.05, 0.1) is 0 Å². The summed E-state index contributed by atoms with van der Waals surface area (Å²) in [6, 6.07) is 0. The van der Waals surface area contributed by atoms with E-state index in [0.29, 0.717) is 0 Å². The van der Waals surface area contributed by atoms with Crippen molar-refractivity contribution in [1.82, 2.24) is 0 Å². The molecule has 0 aliphatic heterocycles. The summed E-state index contributed by atoms with van der Waals surface area (Å²) in [5.74, 6) is 2.01. The average molecular weight is 139 g/mol. The van der Waals surface area contributed by atoms with E-state index in [9.17, 15) is 0 Å². The summed E-state index contributed by atoms with van der Waals surface area (Å²) in [7, 11) is 0. The van der Waals surface area contributed by atoms with Gasteiger partial charge in [-0.2, -0.15) is 0 Å². The molecule has 0 N–H and O–H groups in total. The van der Waals surface area contributed by atoms with Crippen molar-refractivity contribution in [3.63, 3.8) is 0 Å². The van der Waals surface area contributed by atoms with Crippen LogP contribution in [0, 0.1) is 0 Å². The number of rotatable bonds is 0. The van der Waals surface area contributed by atoms with E-state index in [1.807, 2.05) is 12.7 Å². The topological polar surface area (TPSA) is 0 Å². The van der Waals surface area contributed by atoms with Crippen LogP contribution in [0.5, 0.6) is 0 Å². The quantitative estimate of drug-likeness (QED) is 0.450. The van der Waals surface area contributed by atoms with Crippen LogP contribution in [0.15, 0.2) is 0 Å². The van der Waals surface area contributed by atoms with E-state index < -0.39 is 0 Å². The molecule has 0 unspecified atom stereocenters. The molecule has 0 aliphatic carbocycles. The fourth-order valence-electron chi connectivity index (χ4n) is 0. The summed E-state index contributed by atoms with van der Waals surface area (Å²) in [6.45, 7) is 3.18. The minimum atomic E-state index is 1.19. The van der Waals surface area contributed by atoms with E-state index >= 15 is 0 Å². The Hall–Kier alpha value is 0.650. The molecular formula is C2H4BrP. The Labute approximate surface area is 35.8 Å². The van der Waals surface area contributed by atoms with Gasteiger partial charge in [0.15, 0.2) is 0 Å². The van der Waals surface area contributed by atoms with E-state index in [1.54, 1.807) is 0 Å². The third kappa shape index (κ3) is 2.65. The maximum absolute atomic E-state index is 3.16. The van der Waals surface area contributed by atoms with Crippen molar-refractivity contribution >= 4 is 28.2 Å². The molecule has 0 atom stereocenters. The predicted molar refractivity (Wildman–Crippen MR) is 27.6 cm³/mol. The van der Waals surface area contributed by atoms with E-state index in [-0.39, 0.29) is 0 Å². The van der Waals surface area contributed by atoms with Crippen molar-refractivity contribution in [2.24, 2.45) is 0 Å². The van der Waals surface area contributed by atoms with E-state index in [2.05, 4.69) is 15.5 Å². The predicted octanol–water partition coefficient (Wildman–Crippen LogP) is 2.06. The number of hydrogen-bond donors (Lipinski definition) is 0. The summed E-state index contributed by atoms with van der Waals surface area (Å²) in [5, 5.41) is 0. The number of hydrogen-bond acceptors (Lipinski definition) is 0. The maximum Gasteiger partial charge on any atom is -0.0225 e. The largest absolute Gasteiger partial charge is 0.0531 e. The van der Waals surface area contributed by atoms with Gasteiger partial charge in [-0.15, -0.1) is 0 Å². The van der Waals surface area contributed by atoms with Gasteiger partial charge in [0.2, 0.25) is 0 Å². The molecule has 0 amide bonds. The summed E-state index contributed by atoms with van der Waals surface area (Å²) in [4.78, 5) is 0. The zero-order valence-electron chi connectivity index (χ0n) is 2.40. The maximum atomic E-state index is 3.16. The molecule has 0 heterocycles. The zero-order valence-corrected chi connectivity index (χ0v) is 4.88. The minimum absolute atomic E-state index is 1.19. The second-order valence-corrected chi connectivity index (χ2v) is 2.30. The monoisotopic (exact) mass is 138 g/mol. The normalized spacial score (nSPS) is 9.50. The fourth-order valence-corrected chi connectivity index (χ4v) is 0. The van der Waals surface area contributed by atoms with Gasteiger partial charge in [0.1, 0.15) is 0 Å². The van der Waals surface area contributed by atoms with Crippen LogP contribution in [0.25, 0.3) is 0 Å². The molecule has 0 aliphatic rings. The van der Waals surface area contributed by atoms with Crippen molar-refractivity contribution in [3.05, 3.63) is 0 Å². The first-order valence-corrected chi connectivity index (χ1v) is 3.99. The van der Waals surface area contributed by atoms with Gasteiger partial charge in [0, 0.05) is 0 Å². The average Bonchev–Trinajstić information content (AvgIpc) is 1.37. The van der Waals surface area contributed by atoms with Crippen LogP contribution in [0.1, 0.15) is 6.92 Å². The third-order valence-electron chi connectivity index (χ3n) is 0.0976. The second-order valence-electron chi connectivity index (χ2n) is 0.356. The molecule has 0 fully saturated rings. The Balaban J connectivity index is 2.55. The molecule has 24 valence electrons. The summed E-state index contributed by atoms with van der Waals surface area (Å²) >= 11 is 3.16. The first-order valence-electron chi connectivity index (χ1n) is 1.00. The lowest BCUT2D eigenvalue weighted by Gasteiger charge is -1.45. The molecule has 4 heavy (non-hydrogen) atoms. The molecular weight excluding hydrogens is 135 g/mol. The highest BCUT2D eigenvalue weighted by atomic mass is 79.9. The van der Waals surface area contributed by atoms with Gasteiger partial charge in [-0.3, -0.25) is 0 Å². The highest BCUT2D eigenvalue weighted by Crippen LogP contribution is 2.01. The fraction of sp³-hybridized carbons (Fsp3) is 0.500. The molecule has 0 rings (SSSR count). The van der Waals surface area contributed by atoms with Crippen LogP contribution in [0.4, 0.5) is 0 Å². The van der Waals surface area contributed by atoms with Gasteiger partial charge < -0.3 is 0 Å². The van der Waals surface area contributed by atoms with Crippen LogP contribution < -0.4 is 0 Å². The second kappa shape index (κ2) is 3.65. The molecule has 2 heteroatoms. The standard InChI is InChI=1S/C2H4BrP/c1-2-4-3/h2H,1H3. The molecule has 0 aromatic heterocycles. The Morgan fingerprint density at radius 1 is 2.00 bits per heavy atom. The van der Waals surface area contributed by atoms with E-state index in [0.717, 1.165) is 0 Å². The van der Waals surface area contributed by atoms with Gasteiger partial charge >= 0.3 is 0 Å². The van der Waals surface area contributed by atoms with E-state index in [4.69, 9.17) is 0 Å². The molecule has 0 saturated heterocycles. The lowest BCUT2D eigenvalue weighted by molar-refractivity contribution is 2.14. The van der Waals surface area contributed by atoms with Gasteiger partial charge in [-0.1, -0.05) is 5.80 Å². The zero-order chi connectivity index (χ0) is 3.41. The molecule has 0 aromatic carbocycles. The van der Waals surface area contributed by atoms with Gasteiger partial charge in [-0.25, -0.2) is 0 Å². The van der Waals surface area contributed by atoms with Crippen molar-refractivity contribution in [1.29, 1.82) is 0 Å². The molecule has 0 spiro atoms. The molecule has 0 aromatic rings. The van der Waals surface area contributed by atoms with Crippen LogP contribution >= 0.6 is 22.4 Å². The lowest BCUT2D eigenvalue weighted by Crippen LogP contribution is -1.28. The Morgan fingerprint density at radius 3 is 2.25 bits per heavy atom. The SMILES string of the molecule is CC=PBr. The molecule has 0 radical (unpaired) electrons. The Morgan fingerprint density at radius 2 is 2.25 bits per heavy atom. The summed E-state index contributed by atoms with van der Waals surface area (Å²) < 4.78 is 0. The summed E-state index contributed by atoms with van der Waals surface area (Å²) in [5.41, 5.74) is 0. The highest BCUT2D eigenvalue weighted by molar-refractivity contribution is 9.36. The summed E-state index contributed by atoms with van der Waals surface area (Å²) in [6.07, 6.45) is 0. The smallest absolute Gasteiger partial charge is 0.0225 e. The molecule has 0 bridgehead atoms. The first kappa shape index (κ1) is 4.65.